The lowest BCUT2D eigenvalue weighted by atomic mass is 9.90. The van der Waals surface area contributed by atoms with Crippen LogP contribution in [-0.4, -0.2) is 6.98 Å². The first-order chi connectivity index (χ1) is 6.53. The second kappa shape index (κ2) is 4.18. The van der Waals surface area contributed by atoms with Crippen LogP contribution in [0.25, 0.3) is 12.2 Å². The van der Waals surface area contributed by atoms with Gasteiger partial charge in [0.25, 0.3) is 0 Å². The summed E-state index contributed by atoms with van der Waals surface area (Å²) in [5, 5.41) is 0. The molecule has 0 amide bonds. The summed E-state index contributed by atoms with van der Waals surface area (Å²) in [6, 6.07) is 6.79. The van der Waals surface area contributed by atoms with Gasteiger partial charge in [0.15, 0.2) is 0 Å². The van der Waals surface area contributed by atoms with E-state index in [9.17, 15) is 12.9 Å². The summed E-state index contributed by atoms with van der Waals surface area (Å²) in [7, 11) is 0. The molecule has 0 bridgehead atoms. The van der Waals surface area contributed by atoms with Crippen molar-refractivity contribution in [3.8, 4) is 0 Å². The van der Waals surface area contributed by atoms with Crippen molar-refractivity contribution in [2.24, 2.45) is 0 Å². The Labute approximate surface area is 80.8 Å². The average Bonchev–Trinajstić information content (AvgIpc) is 2.14. The molecule has 0 saturated carbocycles. The second-order valence-corrected chi connectivity index (χ2v) is 2.82. The van der Waals surface area contributed by atoms with Crippen molar-refractivity contribution in [2.75, 3.05) is 0 Å². The lowest BCUT2D eigenvalue weighted by Gasteiger charge is -2.07. The van der Waals surface area contributed by atoms with Gasteiger partial charge in [-0.2, -0.15) is 0 Å². The van der Waals surface area contributed by atoms with E-state index in [1.807, 2.05) is 0 Å². The van der Waals surface area contributed by atoms with Crippen molar-refractivity contribution < 1.29 is 12.9 Å². The molecule has 0 fully saturated rings. The molecule has 0 saturated heterocycles. The maximum absolute atomic E-state index is 11.9. The van der Waals surface area contributed by atoms with Gasteiger partial charge in [-0.05, 0) is 11.1 Å². The van der Waals surface area contributed by atoms with Crippen LogP contribution >= 0.6 is 0 Å². The highest BCUT2D eigenvalue weighted by molar-refractivity contribution is 6.64. The Morgan fingerprint density at radius 1 is 1.07 bits per heavy atom. The van der Waals surface area contributed by atoms with Crippen molar-refractivity contribution in [2.45, 2.75) is 0 Å². The molecule has 74 valence electrons. The minimum atomic E-state index is -4.86. The van der Waals surface area contributed by atoms with Gasteiger partial charge < -0.3 is 12.9 Å². The lowest BCUT2D eigenvalue weighted by molar-refractivity contribution is 0.499. The number of hydrogen-bond acceptors (Lipinski definition) is 0. The van der Waals surface area contributed by atoms with Gasteiger partial charge in [0.2, 0.25) is 0 Å². The van der Waals surface area contributed by atoms with E-state index in [0.717, 1.165) is 6.08 Å². The predicted molar refractivity (Wildman–Crippen MR) is 54.6 cm³/mol. The average molecular weight is 197 g/mol. The van der Waals surface area contributed by atoms with Crippen LogP contribution < -0.4 is 0 Å². The molecule has 1 aromatic rings. The summed E-state index contributed by atoms with van der Waals surface area (Å²) in [6.07, 6.45) is 2.60. The molecule has 4 heteroatoms. The maximum atomic E-state index is 11.9. The van der Waals surface area contributed by atoms with Gasteiger partial charge >= 0.3 is 6.98 Å². The summed E-state index contributed by atoms with van der Waals surface area (Å²) in [6.45, 7) is -1.34. The van der Waals surface area contributed by atoms with E-state index in [0.29, 0.717) is 11.1 Å². The fourth-order valence-corrected chi connectivity index (χ4v) is 1.06. The van der Waals surface area contributed by atoms with Gasteiger partial charge in [-0.15, -0.1) is 5.98 Å². The molecule has 0 atom stereocenters. The summed E-state index contributed by atoms with van der Waals surface area (Å²) in [5.41, 5.74) is 1.23. The highest BCUT2D eigenvalue weighted by Gasteiger charge is 2.17. The van der Waals surface area contributed by atoms with E-state index in [-0.39, 0.29) is 5.98 Å². The van der Waals surface area contributed by atoms with Crippen molar-refractivity contribution in [3.05, 3.63) is 47.9 Å². The predicted octanol–water partition coefficient (Wildman–Crippen LogP) is 3.73. The molecule has 0 aliphatic heterocycles. The summed E-state index contributed by atoms with van der Waals surface area (Å²) < 4.78 is 35.8. The zero-order valence-corrected chi connectivity index (χ0v) is 7.46. The molecule has 14 heavy (non-hydrogen) atoms. The molecule has 0 radical (unpaired) electrons. The molecule has 1 rings (SSSR count). The Bertz CT molecular complexity index is 353. The van der Waals surface area contributed by atoms with Crippen LogP contribution in [0.3, 0.4) is 0 Å². The number of hydrogen-bond donors (Lipinski definition) is 0. The Morgan fingerprint density at radius 3 is 2.14 bits per heavy atom. The number of halogens is 3. The summed E-state index contributed by atoms with van der Waals surface area (Å²) >= 11 is 0. The first-order valence-electron chi connectivity index (χ1n) is 4.13. The summed E-state index contributed by atoms with van der Waals surface area (Å²) in [5.74, 6) is 0.280. The minimum Gasteiger partial charge on any atom is -0.445 e. The van der Waals surface area contributed by atoms with Crippen LogP contribution in [0.5, 0.6) is 0 Å². The van der Waals surface area contributed by atoms with Gasteiger partial charge in [-0.3, -0.25) is 0 Å². The Balaban J connectivity index is 2.97. The third-order valence-electron chi connectivity index (χ3n) is 1.71. The van der Waals surface area contributed by atoms with E-state index < -0.39 is 6.98 Å². The van der Waals surface area contributed by atoms with Crippen molar-refractivity contribution in [1.29, 1.82) is 0 Å². The van der Waals surface area contributed by atoms with Gasteiger partial charge in [0, 0.05) is 0 Å². The van der Waals surface area contributed by atoms with Crippen molar-refractivity contribution >= 4 is 19.1 Å². The Hall–Kier alpha value is -1.45. The Morgan fingerprint density at radius 2 is 1.64 bits per heavy atom. The van der Waals surface area contributed by atoms with Gasteiger partial charge in [-0.25, -0.2) is 0 Å². The van der Waals surface area contributed by atoms with E-state index in [4.69, 9.17) is 0 Å². The van der Waals surface area contributed by atoms with Crippen LogP contribution in [0, 0.1) is 0 Å². The molecular weight excluding hydrogens is 188 g/mol. The van der Waals surface area contributed by atoms with E-state index in [1.165, 1.54) is 6.08 Å². The maximum Gasteiger partial charge on any atom is 0.502 e. The van der Waals surface area contributed by atoms with Crippen molar-refractivity contribution in [1.82, 2.24) is 0 Å². The van der Waals surface area contributed by atoms with Crippen LogP contribution in [0.2, 0.25) is 0 Å². The summed E-state index contributed by atoms with van der Waals surface area (Å²) in [4.78, 5) is 0. The van der Waals surface area contributed by atoms with E-state index in [1.54, 1.807) is 24.3 Å². The van der Waals surface area contributed by atoms with E-state index in [2.05, 4.69) is 6.58 Å². The lowest BCUT2D eigenvalue weighted by Crippen LogP contribution is -2.09. The SMILES string of the molecule is C=Cc1ccccc1/C=C/[B-](F)(F)F. The smallest absolute Gasteiger partial charge is 0.445 e. The zero-order chi connectivity index (χ0) is 10.6. The molecule has 0 heterocycles. The fourth-order valence-electron chi connectivity index (χ4n) is 1.06. The molecule has 0 aromatic heterocycles. The largest absolute Gasteiger partial charge is 0.502 e. The molecule has 0 aliphatic carbocycles. The highest BCUT2D eigenvalue weighted by Crippen LogP contribution is 2.16. The minimum absolute atomic E-state index is 0.280. The molecule has 0 spiro atoms. The van der Waals surface area contributed by atoms with Gasteiger partial charge in [-0.1, -0.05) is 43.0 Å². The molecule has 0 aliphatic rings. The number of benzene rings is 1. The molecule has 0 nitrogen and oxygen atoms in total. The monoisotopic (exact) mass is 197 g/mol. The molecular formula is C10H9BF3-. The highest BCUT2D eigenvalue weighted by atomic mass is 19.4. The van der Waals surface area contributed by atoms with Crippen LogP contribution in [0.4, 0.5) is 12.9 Å². The third kappa shape index (κ3) is 3.13. The first-order valence-corrected chi connectivity index (χ1v) is 4.13. The standard InChI is InChI=1S/C10H9BF3/c1-2-9-5-3-4-6-10(9)7-8-11(12,13)14/h2-8H,1H2/q-1/b8-7+. The van der Waals surface area contributed by atoms with Crippen LogP contribution in [0.1, 0.15) is 11.1 Å². The molecule has 1 aromatic carbocycles. The molecule has 0 N–H and O–H groups in total. The second-order valence-electron chi connectivity index (χ2n) is 2.82. The molecule has 0 unspecified atom stereocenters. The normalized spacial score (nSPS) is 11.9. The fraction of sp³-hybridized carbons (Fsp3) is 0. The van der Waals surface area contributed by atoms with E-state index >= 15 is 0 Å². The quantitative estimate of drug-likeness (QED) is 0.647. The van der Waals surface area contributed by atoms with Crippen molar-refractivity contribution in [3.63, 3.8) is 0 Å². The zero-order valence-electron chi connectivity index (χ0n) is 7.46. The van der Waals surface area contributed by atoms with Crippen LogP contribution in [0.15, 0.2) is 36.8 Å². The van der Waals surface area contributed by atoms with Gasteiger partial charge in [0.05, 0.1) is 0 Å². The number of rotatable bonds is 3. The Kier molecular flexibility index (Phi) is 3.17. The van der Waals surface area contributed by atoms with Crippen LogP contribution in [-0.2, 0) is 0 Å². The third-order valence-corrected chi connectivity index (χ3v) is 1.71. The topological polar surface area (TPSA) is 0 Å². The van der Waals surface area contributed by atoms with Gasteiger partial charge in [0.1, 0.15) is 0 Å². The first kappa shape index (κ1) is 10.6.